The number of benzene rings is 1. The van der Waals surface area contributed by atoms with Crippen molar-refractivity contribution in [3.8, 4) is 0 Å². The number of nitro groups is 1. The van der Waals surface area contributed by atoms with Crippen molar-refractivity contribution in [1.29, 1.82) is 0 Å². The molecule has 1 aromatic rings. The van der Waals surface area contributed by atoms with Gasteiger partial charge in [0.15, 0.2) is 0 Å². The van der Waals surface area contributed by atoms with Crippen molar-refractivity contribution in [3.05, 3.63) is 39.7 Å². The van der Waals surface area contributed by atoms with Gasteiger partial charge in [-0.1, -0.05) is 13.8 Å². The van der Waals surface area contributed by atoms with Gasteiger partial charge >= 0.3 is 0 Å². The van der Waals surface area contributed by atoms with Crippen molar-refractivity contribution >= 4 is 17.3 Å². The first kappa shape index (κ1) is 12.9. The Morgan fingerprint density at radius 2 is 2.12 bits per heavy atom. The van der Waals surface area contributed by atoms with Crippen LogP contribution in [0.25, 0.3) is 0 Å². The number of hydrogen-bond donors (Lipinski definition) is 0. The van der Waals surface area contributed by atoms with E-state index in [1.807, 2.05) is 13.8 Å². The second-order valence-electron chi connectivity index (χ2n) is 3.99. The lowest BCUT2D eigenvalue weighted by atomic mass is 10.0. The number of alkyl halides is 1. The van der Waals surface area contributed by atoms with Crippen molar-refractivity contribution in [2.75, 3.05) is 0 Å². The molecule has 0 saturated carbocycles. The van der Waals surface area contributed by atoms with Gasteiger partial charge in [0.05, 0.1) is 4.92 Å². The summed E-state index contributed by atoms with van der Waals surface area (Å²) in [5, 5.41) is 10.5. The zero-order valence-electron chi connectivity index (χ0n) is 9.11. The number of halogens is 2. The molecule has 0 spiro atoms. The van der Waals surface area contributed by atoms with Crippen LogP contribution in [0.15, 0.2) is 18.2 Å². The van der Waals surface area contributed by atoms with Crippen molar-refractivity contribution in [2.45, 2.75) is 25.6 Å². The molecule has 3 nitrogen and oxygen atoms in total. The van der Waals surface area contributed by atoms with Gasteiger partial charge < -0.3 is 0 Å². The molecule has 16 heavy (non-hydrogen) atoms. The zero-order valence-corrected chi connectivity index (χ0v) is 9.87. The van der Waals surface area contributed by atoms with E-state index >= 15 is 0 Å². The van der Waals surface area contributed by atoms with E-state index in [-0.39, 0.29) is 17.0 Å². The summed E-state index contributed by atoms with van der Waals surface area (Å²) in [6.45, 7) is 3.84. The molecule has 0 amide bonds. The molecule has 0 saturated heterocycles. The number of nitro benzene ring substituents is 1. The molecule has 0 bridgehead atoms. The number of rotatable bonds is 4. The maximum absolute atomic E-state index is 13.0. The van der Waals surface area contributed by atoms with Gasteiger partial charge in [0.2, 0.25) is 0 Å². The Balaban J connectivity index is 3.01. The van der Waals surface area contributed by atoms with Crippen LogP contribution in [0.1, 0.15) is 19.4 Å². The van der Waals surface area contributed by atoms with E-state index in [0.29, 0.717) is 12.0 Å². The van der Waals surface area contributed by atoms with Crippen molar-refractivity contribution < 1.29 is 9.31 Å². The Morgan fingerprint density at radius 3 is 2.62 bits per heavy atom. The topological polar surface area (TPSA) is 43.1 Å². The normalized spacial score (nSPS) is 12.8. The average molecular weight is 246 g/mol. The SMILES string of the molecule is CC(C)C(Cl)Cc1cc(F)ccc1[N+](=O)[O-]. The molecule has 0 fully saturated rings. The van der Waals surface area contributed by atoms with Gasteiger partial charge in [-0.3, -0.25) is 10.1 Å². The van der Waals surface area contributed by atoms with Gasteiger partial charge in [0.1, 0.15) is 5.82 Å². The second kappa shape index (κ2) is 5.25. The highest BCUT2D eigenvalue weighted by atomic mass is 35.5. The van der Waals surface area contributed by atoms with E-state index in [1.54, 1.807) is 0 Å². The third-order valence-corrected chi connectivity index (χ3v) is 3.03. The maximum atomic E-state index is 13.0. The van der Waals surface area contributed by atoms with Crippen LogP contribution in [0.4, 0.5) is 10.1 Å². The summed E-state index contributed by atoms with van der Waals surface area (Å²) >= 11 is 6.03. The van der Waals surface area contributed by atoms with Crippen LogP contribution in [0.2, 0.25) is 0 Å². The fourth-order valence-electron chi connectivity index (χ4n) is 1.34. The van der Waals surface area contributed by atoms with E-state index in [9.17, 15) is 14.5 Å². The molecule has 0 aromatic heterocycles. The molecule has 1 unspecified atom stereocenters. The minimum Gasteiger partial charge on any atom is -0.258 e. The Bertz CT molecular complexity index is 396. The smallest absolute Gasteiger partial charge is 0.258 e. The number of nitrogens with zero attached hydrogens (tertiary/aromatic N) is 1. The largest absolute Gasteiger partial charge is 0.272 e. The van der Waals surface area contributed by atoms with Gasteiger partial charge in [-0.25, -0.2) is 4.39 Å². The first-order valence-corrected chi connectivity index (χ1v) is 5.42. The van der Waals surface area contributed by atoms with E-state index in [4.69, 9.17) is 11.6 Å². The molecule has 0 aliphatic rings. The molecular formula is C11H13ClFNO2. The Kier molecular flexibility index (Phi) is 4.24. The highest BCUT2D eigenvalue weighted by Crippen LogP contribution is 2.24. The van der Waals surface area contributed by atoms with E-state index in [2.05, 4.69) is 0 Å². The summed E-state index contributed by atoms with van der Waals surface area (Å²) in [4.78, 5) is 10.2. The summed E-state index contributed by atoms with van der Waals surface area (Å²) in [6.07, 6.45) is 0.299. The van der Waals surface area contributed by atoms with E-state index in [1.165, 1.54) is 12.1 Å². The third-order valence-electron chi connectivity index (χ3n) is 2.38. The van der Waals surface area contributed by atoms with Crippen molar-refractivity contribution in [2.24, 2.45) is 5.92 Å². The molecule has 0 radical (unpaired) electrons. The summed E-state index contributed by atoms with van der Waals surface area (Å²) in [6, 6.07) is 3.44. The number of hydrogen-bond acceptors (Lipinski definition) is 2. The average Bonchev–Trinajstić information content (AvgIpc) is 2.16. The van der Waals surface area contributed by atoms with Gasteiger partial charge in [0, 0.05) is 17.0 Å². The fraction of sp³-hybridized carbons (Fsp3) is 0.455. The minimum atomic E-state index is -0.515. The molecule has 0 heterocycles. The van der Waals surface area contributed by atoms with Crippen LogP contribution < -0.4 is 0 Å². The van der Waals surface area contributed by atoms with Crippen molar-refractivity contribution in [3.63, 3.8) is 0 Å². The molecule has 0 aliphatic heterocycles. The quantitative estimate of drug-likeness (QED) is 0.463. The summed E-state index contributed by atoms with van der Waals surface area (Å²) < 4.78 is 13.0. The Hall–Kier alpha value is -1.16. The molecule has 1 atom stereocenters. The van der Waals surface area contributed by atoms with Crippen LogP contribution >= 0.6 is 11.6 Å². The van der Waals surface area contributed by atoms with Crippen LogP contribution in [-0.2, 0) is 6.42 Å². The Morgan fingerprint density at radius 1 is 1.50 bits per heavy atom. The maximum Gasteiger partial charge on any atom is 0.272 e. The fourth-order valence-corrected chi connectivity index (χ4v) is 1.51. The predicted octanol–water partition coefficient (Wildman–Crippen LogP) is 3.54. The van der Waals surface area contributed by atoms with Crippen LogP contribution in [0.5, 0.6) is 0 Å². The molecule has 1 aromatic carbocycles. The van der Waals surface area contributed by atoms with Gasteiger partial charge in [0.25, 0.3) is 5.69 Å². The first-order valence-electron chi connectivity index (χ1n) is 4.98. The van der Waals surface area contributed by atoms with Gasteiger partial charge in [-0.2, -0.15) is 0 Å². The van der Waals surface area contributed by atoms with Gasteiger partial charge in [-0.05, 0) is 24.5 Å². The highest BCUT2D eigenvalue weighted by Gasteiger charge is 2.19. The lowest BCUT2D eigenvalue weighted by molar-refractivity contribution is -0.385. The lowest BCUT2D eigenvalue weighted by Crippen LogP contribution is -2.12. The summed E-state index contributed by atoms with van der Waals surface area (Å²) in [7, 11) is 0. The molecule has 1 rings (SSSR count). The molecule has 0 N–H and O–H groups in total. The van der Waals surface area contributed by atoms with Crippen LogP contribution in [0.3, 0.4) is 0 Å². The summed E-state index contributed by atoms with van der Waals surface area (Å²) in [5.74, 6) is -0.294. The van der Waals surface area contributed by atoms with Crippen molar-refractivity contribution in [1.82, 2.24) is 0 Å². The second-order valence-corrected chi connectivity index (χ2v) is 4.55. The monoisotopic (exact) mass is 245 g/mol. The Labute approximate surface area is 98.4 Å². The third kappa shape index (κ3) is 3.17. The first-order chi connectivity index (χ1) is 7.41. The lowest BCUT2D eigenvalue weighted by Gasteiger charge is -2.13. The zero-order chi connectivity index (χ0) is 12.3. The molecule has 0 aliphatic carbocycles. The molecule has 5 heteroatoms. The molecule has 88 valence electrons. The predicted molar refractivity (Wildman–Crippen MR) is 61.2 cm³/mol. The van der Waals surface area contributed by atoms with E-state index < -0.39 is 10.7 Å². The van der Waals surface area contributed by atoms with Gasteiger partial charge in [-0.15, -0.1) is 11.6 Å². The highest BCUT2D eigenvalue weighted by molar-refractivity contribution is 6.20. The van der Waals surface area contributed by atoms with Crippen LogP contribution in [-0.4, -0.2) is 10.3 Å². The standard InChI is InChI=1S/C11H13ClFNO2/c1-7(2)10(12)6-8-5-9(13)3-4-11(8)14(15)16/h3-5,7,10H,6H2,1-2H3. The molecular weight excluding hydrogens is 233 g/mol. The van der Waals surface area contributed by atoms with E-state index in [0.717, 1.165) is 6.07 Å². The minimum absolute atomic E-state index is 0.0762. The van der Waals surface area contributed by atoms with Crippen LogP contribution in [0, 0.1) is 21.8 Å². The summed E-state index contributed by atoms with van der Waals surface area (Å²) in [5.41, 5.74) is 0.270.